The molecule has 0 saturated heterocycles. The molecular formula is C26H28N5O6S-. The molecule has 4 amide bonds. The Morgan fingerprint density at radius 2 is 1.68 bits per heavy atom. The van der Waals surface area contributed by atoms with Gasteiger partial charge in [-0.15, -0.1) is 11.3 Å². The van der Waals surface area contributed by atoms with E-state index in [1.807, 2.05) is 30.3 Å². The summed E-state index contributed by atoms with van der Waals surface area (Å²) in [5.74, 6) is -1.84. The predicted octanol–water partition coefficient (Wildman–Crippen LogP) is 3.42. The van der Waals surface area contributed by atoms with Crippen LogP contribution in [0.2, 0.25) is 0 Å². The predicted molar refractivity (Wildman–Crippen MR) is 141 cm³/mol. The third-order valence-electron chi connectivity index (χ3n) is 4.89. The van der Waals surface area contributed by atoms with Gasteiger partial charge in [0.15, 0.2) is 5.13 Å². The minimum atomic E-state index is -1.34. The summed E-state index contributed by atoms with van der Waals surface area (Å²) in [6.07, 6.45) is -1.22. The van der Waals surface area contributed by atoms with Gasteiger partial charge in [-0.3, -0.25) is 10.1 Å². The number of rotatable bonds is 9. The van der Waals surface area contributed by atoms with Crippen LogP contribution in [-0.4, -0.2) is 34.6 Å². The van der Waals surface area contributed by atoms with E-state index in [9.17, 15) is 24.3 Å². The molecule has 11 nitrogen and oxygen atoms in total. The average Bonchev–Trinajstić information content (AvgIpc) is 3.30. The molecule has 0 saturated carbocycles. The number of nitrogens with zero attached hydrogens (tertiary/aromatic N) is 1. The van der Waals surface area contributed by atoms with Crippen molar-refractivity contribution in [2.24, 2.45) is 0 Å². The molecule has 0 aliphatic carbocycles. The Hall–Kier alpha value is -4.45. The highest BCUT2D eigenvalue weighted by Gasteiger charge is 2.21. The zero-order valence-electron chi connectivity index (χ0n) is 21.1. The number of carbonyl (C=O) groups is 4. The van der Waals surface area contributed by atoms with Crippen molar-refractivity contribution in [2.75, 3.05) is 10.6 Å². The minimum Gasteiger partial charge on any atom is -0.550 e. The Morgan fingerprint density at radius 1 is 1.00 bits per heavy atom. The molecule has 1 atom stereocenters. The zero-order chi connectivity index (χ0) is 27.7. The van der Waals surface area contributed by atoms with Gasteiger partial charge >= 0.3 is 12.1 Å². The van der Waals surface area contributed by atoms with Gasteiger partial charge in [-0.25, -0.2) is 14.6 Å². The topological polar surface area (TPSA) is 162 Å². The molecule has 0 bridgehead atoms. The second kappa shape index (κ2) is 12.7. The van der Waals surface area contributed by atoms with Crippen LogP contribution < -0.4 is 26.4 Å². The largest absolute Gasteiger partial charge is 0.550 e. The lowest BCUT2D eigenvalue weighted by Crippen LogP contribution is -2.37. The molecule has 0 aliphatic rings. The molecule has 38 heavy (non-hydrogen) atoms. The van der Waals surface area contributed by atoms with Crippen LogP contribution in [0.3, 0.4) is 0 Å². The normalized spacial score (nSPS) is 11.7. The standard InChI is InChI=1S/C26H29N5O6S/c1-26(2,3)37-25(36)30-19(13-21(32)33)17-9-11-18(12-10-17)28-22(34)20-15-38-24(29-20)31-23(35)27-14-16-7-5-4-6-8-16/h4-12,15,19H,13-14H2,1-3H3,(H,28,34)(H,30,36)(H,32,33)(H2,27,29,31,35)/p-1. The average molecular weight is 539 g/mol. The Bertz CT molecular complexity index is 1270. The van der Waals surface area contributed by atoms with Crippen molar-refractivity contribution in [3.63, 3.8) is 0 Å². The number of carbonyl (C=O) groups excluding carboxylic acids is 4. The number of carboxylic acids is 1. The summed E-state index contributed by atoms with van der Waals surface area (Å²) in [5.41, 5.74) is 1.21. The second-order valence-electron chi connectivity index (χ2n) is 9.18. The Kier molecular flexibility index (Phi) is 9.39. The van der Waals surface area contributed by atoms with E-state index in [4.69, 9.17) is 4.74 Å². The summed E-state index contributed by atoms with van der Waals surface area (Å²) in [5, 5.41) is 23.5. The van der Waals surface area contributed by atoms with E-state index in [0.29, 0.717) is 17.8 Å². The molecule has 200 valence electrons. The first-order valence-electron chi connectivity index (χ1n) is 11.6. The second-order valence-corrected chi connectivity index (χ2v) is 10.0. The number of amides is 4. The van der Waals surface area contributed by atoms with Crippen LogP contribution in [0.25, 0.3) is 0 Å². The van der Waals surface area contributed by atoms with E-state index in [2.05, 4.69) is 26.3 Å². The summed E-state index contributed by atoms with van der Waals surface area (Å²) in [7, 11) is 0. The number of benzene rings is 2. The van der Waals surface area contributed by atoms with Gasteiger partial charge in [-0.2, -0.15) is 0 Å². The molecule has 0 spiro atoms. The molecule has 0 aliphatic heterocycles. The van der Waals surface area contributed by atoms with E-state index in [0.717, 1.165) is 16.9 Å². The van der Waals surface area contributed by atoms with Crippen molar-refractivity contribution in [1.29, 1.82) is 0 Å². The third-order valence-corrected chi connectivity index (χ3v) is 5.64. The molecule has 0 fully saturated rings. The quantitative estimate of drug-likeness (QED) is 0.324. The maximum atomic E-state index is 12.6. The fourth-order valence-electron chi connectivity index (χ4n) is 3.22. The van der Waals surface area contributed by atoms with Gasteiger partial charge in [-0.1, -0.05) is 42.5 Å². The number of nitrogens with one attached hydrogen (secondary N) is 4. The monoisotopic (exact) mass is 538 g/mol. The number of carboxylic acid groups (broad SMARTS) is 1. The molecule has 4 N–H and O–H groups in total. The molecular weight excluding hydrogens is 510 g/mol. The number of hydrogen-bond acceptors (Lipinski definition) is 8. The van der Waals surface area contributed by atoms with Gasteiger partial charge in [0.25, 0.3) is 5.91 Å². The van der Waals surface area contributed by atoms with Crippen LogP contribution in [0.5, 0.6) is 0 Å². The van der Waals surface area contributed by atoms with Crippen LogP contribution in [0.1, 0.15) is 54.8 Å². The van der Waals surface area contributed by atoms with Crippen LogP contribution in [-0.2, 0) is 16.1 Å². The zero-order valence-corrected chi connectivity index (χ0v) is 21.9. The lowest BCUT2D eigenvalue weighted by atomic mass is 10.0. The molecule has 3 aromatic rings. The Morgan fingerprint density at radius 3 is 2.32 bits per heavy atom. The van der Waals surface area contributed by atoms with Crippen molar-refractivity contribution in [1.82, 2.24) is 15.6 Å². The van der Waals surface area contributed by atoms with Gasteiger partial charge < -0.3 is 30.6 Å². The Labute approximate surface area is 223 Å². The van der Waals surface area contributed by atoms with Crippen molar-refractivity contribution < 1.29 is 29.0 Å². The third kappa shape index (κ3) is 9.21. The van der Waals surface area contributed by atoms with Crippen molar-refractivity contribution >= 4 is 46.2 Å². The van der Waals surface area contributed by atoms with E-state index in [-0.39, 0.29) is 10.8 Å². The summed E-state index contributed by atoms with van der Waals surface area (Å²) >= 11 is 1.10. The van der Waals surface area contributed by atoms with Gasteiger partial charge in [0.1, 0.15) is 11.3 Å². The summed E-state index contributed by atoms with van der Waals surface area (Å²) in [4.78, 5) is 52.2. The van der Waals surface area contributed by atoms with Crippen LogP contribution in [0, 0.1) is 0 Å². The molecule has 3 rings (SSSR count). The van der Waals surface area contributed by atoms with Crippen LogP contribution in [0.4, 0.5) is 20.4 Å². The van der Waals surface area contributed by atoms with Gasteiger partial charge in [-0.05, 0) is 44.0 Å². The van der Waals surface area contributed by atoms with Crippen LogP contribution >= 0.6 is 11.3 Å². The fourth-order valence-corrected chi connectivity index (χ4v) is 3.90. The van der Waals surface area contributed by atoms with Gasteiger partial charge in [0.05, 0.1) is 6.04 Å². The highest BCUT2D eigenvalue weighted by Crippen LogP contribution is 2.22. The first kappa shape index (κ1) is 28.1. The van der Waals surface area contributed by atoms with E-state index >= 15 is 0 Å². The first-order valence-corrected chi connectivity index (χ1v) is 12.5. The number of urea groups is 1. The van der Waals surface area contributed by atoms with Crippen molar-refractivity contribution in [3.8, 4) is 0 Å². The van der Waals surface area contributed by atoms with Gasteiger partial charge in [0, 0.05) is 30.0 Å². The smallest absolute Gasteiger partial charge is 0.408 e. The SMILES string of the molecule is CC(C)(C)OC(=O)NC(CC(=O)[O-])c1ccc(NC(=O)c2csc(NC(=O)NCc3ccccc3)n2)cc1. The lowest BCUT2D eigenvalue weighted by molar-refractivity contribution is -0.306. The molecule has 2 aromatic carbocycles. The molecule has 1 heterocycles. The van der Waals surface area contributed by atoms with Crippen molar-refractivity contribution in [2.45, 2.75) is 45.4 Å². The number of ether oxygens (including phenoxy) is 1. The lowest BCUT2D eigenvalue weighted by Gasteiger charge is -2.24. The van der Waals surface area contributed by atoms with Gasteiger partial charge in [0.2, 0.25) is 0 Å². The summed E-state index contributed by atoms with van der Waals surface area (Å²) < 4.78 is 5.20. The van der Waals surface area contributed by atoms with Crippen molar-refractivity contribution in [3.05, 3.63) is 76.8 Å². The fraction of sp³-hybridized carbons (Fsp3) is 0.269. The molecule has 0 radical (unpaired) electrons. The molecule has 12 heteroatoms. The van der Waals surface area contributed by atoms with E-state index in [1.54, 1.807) is 45.0 Å². The number of aromatic nitrogens is 1. The molecule has 1 aromatic heterocycles. The van der Waals surface area contributed by atoms with Crippen LogP contribution in [0.15, 0.2) is 60.0 Å². The number of alkyl carbamates (subject to hydrolysis) is 1. The number of aliphatic carboxylic acids is 1. The maximum Gasteiger partial charge on any atom is 0.408 e. The van der Waals surface area contributed by atoms with E-state index in [1.165, 1.54) is 5.38 Å². The highest BCUT2D eigenvalue weighted by atomic mass is 32.1. The highest BCUT2D eigenvalue weighted by molar-refractivity contribution is 7.14. The Balaban J connectivity index is 1.56. The van der Waals surface area contributed by atoms with E-state index < -0.39 is 42.1 Å². The number of thiazole rings is 1. The first-order chi connectivity index (χ1) is 18.0. The maximum absolute atomic E-state index is 12.6. The number of anilines is 2. The number of hydrogen-bond donors (Lipinski definition) is 4. The molecule has 1 unspecified atom stereocenters. The minimum absolute atomic E-state index is 0.110. The summed E-state index contributed by atoms with van der Waals surface area (Å²) in [6.45, 7) is 5.43. The summed E-state index contributed by atoms with van der Waals surface area (Å²) in [6, 6.07) is 14.4.